The van der Waals surface area contributed by atoms with Gasteiger partial charge in [-0.3, -0.25) is 4.68 Å². The number of carbonyl (C=O) groups is 1. The molecule has 0 aliphatic carbocycles. The Morgan fingerprint density at radius 2 is 2.19 bits per heavy atom. The molecular formula is C8H9F3N2O3. The fourth-order valence-electron chi connectivity index (χ4n) is 0.975. The van der Waals surface area contributed by atoms with Gasteiger partial charge < -0.3 is 9.47 Å². The van der Waals surface area contributed by atoms with Crippen molar-refractivity contribution in [3.05, 3.63) is 11.9 Å². The zero-order chi connectivity index (χ0) is 12.3. The van der Waals surface area contributed by atoms with Crippen LogP contribution >= 0.6 is 0 Å². The lowest BCUT2D eigenvalue weighted by Gasteiger charge is -2.05. The van der Waals surface area contributed by atoms with Crippen molar-refractivity contribution in [2.45, 2.75) is 13.1 Å². The Hall–Kier alpha value is -1.73. The first-order valence-corrected chi connectivity index (χ1v) is 4.30. The van der Waals surface area contributed by atoms with Gasteiger partial charge in [0.25, 0.3) is 0 Å². The molecule has 0 bridgehead atoms. The van der Waals surface area contributed by atoms with Crippen molar-refractivity contribution in [2.24, 2.45) is 7.05 Å². The standard InChI is InChI=1S/C8H9F3N2O3/c1-3-15-7(14)16-5-4-13(2)12-6(5)8(9,10)11/h4H,3H2,1-2H3. The van der Waals surface area contributed by atoms with Crippen LogP contribution in [0.1, 0.15) is 12.6 Å². The molecule has 0 unspecified atom stereocenters. The molecule has 1 aromatic rings. The molecule has 8 heteroatoms. The molecule has 0 aliphatic rings. The Balaban J connectivity index is 2.91. The minimum absolute atomic E-state index is 0.0143. The van der Waals surface area contributed by atoms with Gasteiger partial charge in [0.1, 0.15) is 0 Å². The van der Waals surface area contributed by atoms with E-state index in [0.29, 0.717) is 0 Å². The molecule has 0 fully saturated rings. The molecule has 1 heterocycles. The van der Waals surface area contributed by atoms with Gasteiger partial charge in [-0.05, 0) is 6.92 Å². The second kappa shape index (κ2) is 4.42. The number of rotatable bonds is 2. The average Bonchev–Trinajstić information content (AvgIpc) is 2.46. The number of hydrogen-bond donors (Lipinski definition) is 0. The zero-order valence-corrected chi connectivity index (χ0v) is 8.54. The Bertz CT molecular complexity index is 386. The van der Waals surface area contributed by atoms with Crippen molar-refractivity contribution in [3.63, 3.8) is 0 Å². The summed E-state index contributed by atoms with van der Waals surface area (Å²) in [5.41, 5.74) is -1.26. The first-order chi connectivity index (χ1) is 7.34. The van der Waals surface area contributed by atoms with Gasteiger partial charge >= 0.3 is 12.3 Å². The molecule has 1 aromatic heterocycles. The number of halogens is 3. The molecule has 0 atom stereocenters. The quantitative estimate of drug-likeness (QED) is 0.739. The van der Waals surface area contributed by atoms with Crippen LogP contribution in [0.2, 0.25) is 0 Å². The van der Waals surface area contributed by atoms with E-state index >= 15 is 0 Å². The van der Waals surface area contributed by atoms with Gasteiger partial charge in [-0.2, -0.15) is 18.3 Å². The molecule has 0 spiro atoms. The third-order valence-corrected chi connectivity index (χ3v) is 1.52. The van der Waals surface area contributed by atoms with Crippen LogP contribution in [0.4, 0.5) is 18.0 Å². The van der Waals surface area contributed by atoms with Crippen molar-refractivity contribution in [2.75, 3.05) is 6.61 Å². The highest BCUT2D eigenvalue weighted by Gasteiger charge is 2.38. The molecule has 0 saturated heterocycles. The summed E-state index contributed by atoms with van der Waals surface area (Å²) in [4.78, 5) is 10.9. The van der Waals surface area contributed by atoms with Crippen LogP contribution in [0, 0.1) is 0 Å². The monoisotopic (exact) mass is 238 g/mol. The van der Waals surface area contributed by atoms with E-state index in [9.17, 15) is 18.0 Å². The molecule has 1 rings (SSSR count). The second-order valence-corrected chi connectivity index (χ2v) is 2.80. The number of alkyl halides is 3. The van der Waals surface area contributed by atoms with Crippen LogP contribution in [-0.2, 0) is 18.0 Å². The van der Waals surface area contributed by atoms with Gasteiger partial charge in [-0.15, -0.1) is 0 Å². The smallest absolute Gasteiger partial charge is 0.434 e. The van der Waals surface area contributed by atoms with Crippen molar-refractivity contribution in [3.8, 4) is 5.75 Å². The Morgan fingerprint density at radius 3 is 2.69 bits per heavy atom. The summed E-state index contributed by atoms with van der Waals surface area (Å²) in [6.45, 7) is 1.52. The fraction of sp³-hybridized carbons (Fsp3) is 0.500. The van der Waals surface area contributed by atoms with Gasteiger partial charge in [-0.25, -0.2) is 4.79 Å². The van der Waals surface area contributed by atoms with Gasteiger partial charge in [0.2, 0.25) is 5.69 Å². The predicted molar refractivity (Wildman–Crippen MR) is 45.9 cm³/mol. The largest absolute Gasteiger partial charge is 0.513 e. The Morgan fingerprint density at radius 1 is 1.56 bits per heavy atom. The maximum atomic E-state index is 12.4. The molecule has 0 amide bonds. The fourth-order valence-corrected chi connectivity index (χ4v) is 0.975. The molecule has 0 radical (unpaired) electrons. The Labute approximate surface area is 88.7 Å². The SMILES string of the molecule is CCOC(=O)Oc1cn(C)nc1C(F)(F)F. The minimum Gasteiger partial charge on any atom is -0.434 e. The molecule has 16 heavy (non-hydrogen) atoms. The Kier molecular flexibility index (Phi) is 3.41. The number of aromatic nitrogens is 2. The molecule has 90 valence electrons. The van der Waals surface area contributed by atoms with Crippen LogP contribution in [0.25, 0.3) is 0 Å². The lowest BCUT2D eigenvalue weighted by molar-refractivity contribution is -0.142. The highest BCUT2D eigenvalue weighted by Crippen LogP contribution is 2.34. The van der Waals surface area contributed by atoms with Crippen LogP contribution < -0.4 is 4.74 Å². The molecular weight excluding hydrogens is 229 g/mol. The summed E-state index contributed by atoms with van der Waals surface area (Å²) >= 11 is 0. The van der Waals surface area contributed by atoms with Crippen molar-refractivity contribution >= 4 is 6.16 Å². The third-order valence-electron chi connectivity index (χ3n) is 1.52. The second-order valence-electron chi connectivity index (χ2n) is 2.80. The number of carbonyl (C=O) groups excluding carboxylic acids is 1. The van der Waals surface area contributed by atoms with Gasteiger partial charge in [0.15, 0.2) is 5.75 Å². The molecule has 0 saturated carbocycles. The van der Waals surface area contributed by atoms with Crippen molar-refractivity contribution in [1.29, 1.82) is 0 Å². The van der Waals surface area contributed by atoms with E-state index < -0.39 is 23.8 Å². The highest BCUT2D eigenvalue weighted by atomic mass is 19.4. The van der Waals surface area contributed by atoms with Gasteiger partial charge in [0, 0.05) is 7.05 Å². The lowest BCUT2D eigenvalue weighted by Crippen LogP contribution is -2.14. The summed E-state index contributed by atoms with van der Waals surface area (Å²) in [5.74, 6) is -0.673. The van der Waals surface area contributed by atoms with E-state index in [-0.39, 0.29) is 6.61 Å². The van der Waals surface area contributed by atoms with E-state index in [1.165, 1.54) is 14.0 Å². The third kappa shape index (κ3) is 2.88. The molecule has 0 aromatic carbocycles. The minimum atomic E-state index is -4.68. The van der Waals surface area contributed by atoms with Gasteiger partial charge in [0.05, 0.1) is 12.8 Å². The zero-order valence-electron chi connectivity index (χ0n) is 8.54. The summed E-state index contributed by atoms with van der Waals surface area (Å²) in [7, 11) is 1.28. The van der Waals surface area contributed by atoms with Crippen LogP contribution in [0.3, 0.4) is 0 Å². The van der Waals surface area contributed by atoms with Crippen molar-refractivity contribution in [1.82, 2.24) is 9.78 Å². The maximum absolute atomic E-state index is 12.4. The summed E-state index contributed by atoms with van der Waals surface area (Å²) in [5, 5.41) is 3.15. The van der Waals surface area contributed by atoms with Crippen LogP contribution in [-0.4, -0.2) is 22.5 Å². The molecule has 0 N–H and O–H groups in total. The predicted octanol–water partition coefficient (Wildman–Crippen LogP) is 1.97. The number of hydrogen-bond acceptors (Lipinski definition) is 4. The summed E-state index contributed by atoms with van der Waals surface area (Å²) in [6.07, 6.45) is -4.93. The van der Waals surface area contributed by atoms with E-state index in [4.69, 9.17) is 0 Å². The molecule has 5 nitrogen and oxygen atoms in total. The summed E-state index contributed by atoms with van der Waals surface area (Å²) < 4.78 is 46.8. The van der Waals surface area contributed by atoms with E-state index in [1.54, 1.807) is 0 Å². The average molecular weight is 238 g/mol. The van der Waals surface area contributed by atoms with E-state index in [1.807, 2.05) is 0 Å². The van der Waals surface area contributed by atoms with E-state index in [0.717, 1.165) is 10.9 Å². The highest BCUT2D eigenvalue weighted by molar-refractivity contribution is 5.64. The number of ether oxygens (including phenoxy) is 2. The topological polar surface area (TPSA) is 53.4 Å². The maximum Gasteiger partial charge on any atom is 0.513 e. The van der Waals surface area contributed by atoms with Crippen LogP contribution in [0.5, 0.6) is 5.75 Å². The number of nitrogens with zero attached hydrogens (tertiary/aromatic N) is 2. The number of aryl methyl sites for hydroxylation is 1. The van der Waals surface area contributed by atoms with Crippen LogP contribution in [0.15, 0.2) is 6.20 Å². The van der Waals surface area contributed by atoms with Crippen molar-refractivity contribution < 1.29 is 27.4 Å². The first-order valence-electron chi connectivity index (χ1n) is 4.30. The molecule has 0 aliphatic heterocycles. The lowest BCUT2D eigenvalue weighted by atomic mass is 10.4. The van der Waals surface area contributed by atoms with Gasteiger partial charge in [-0.1, -0.05) is 0 Å². The van der Waals surface area contributed by atoms with E-state index in [2.05, 4.69) is 14.6 Å². The normalized spacial score (nSPS) is 11.3. The summed E-state index contributed by atoms with van der Waals surface area (Å²) in [6, 6.07) is 0. The first kappa shape index (κ1) is 12.3.